The van der Waals surface area contributed by atoms with Gasteiger partial charge in [-0.1, -0.05) is 19.1 Å². The van der Waals surface area contributed by atoms with Crippen LogP contribution in [0.4, 0.5) is 13.2 Å². The molecule has 0 aliphatic carbocycles. The number of furan rings is 1. The van der Waals surface area contributed by atoms with Gasteiger partial charge in [-0.3, -0.25) is 4.79 Å². The van der Waals surface area contributed by atoms with Crippen LogP contribution in [0.15, 0.2) is 35.0 Å². The van der Waals surface area contributed by atoms with Crippen LogP contribution < -0.4 is 0 Å². The highest BCUT2D eigenvalue weighted by atomic mass is 19.4. The number of esters is 1. The largest absolute Gasteiger partial charge is 0.471 e. The summed E-state index contributed by atoms with van der Waals surface area (Å²) in [5.41, 5.74) is 0. The van der Waals surface area contributed by atoms with Gasteiger partial charge in [-0.2, -0.15) is 13.2 Å². The van der Waals surface area contributed by atoms with Crippen molar-refractivity contribution in [1.29, 1.82) is 0 Å². The number of carbonyl (C=O) groups excluding carboxylic acids is 2. The Hall–Kier alpha value is -2.25. The number of nitrogens with zero attached hydrogens (tertiary/aromatic N) is 1. The van der Waals surface area contributed by atoms with E-state index in [2.05, 4.69) is 4.74 Å². The van der Waals surface area contributed by atoms with E-state index in [-0.39, 0.29) is 5.76 Å². The first-order valence-electron chi connectivity index (χ1n) is 6.46. The van der Waals surface area contributed by atoms with Crippen molar-refractivity contribution in [3.8, 4) is 0 Å². The van der Waals surface area contributed by atoms with E-state index in [1.54, 1.807) is 13.0 Å². The Labute approximate surface area is 124 Å². The molecular formula is C14H14F3NO4. The molecule has 0 aromatic carbocycles. The van der Waals surface area contributed by atoms with E-state index in [9.17, 15) is 22.8 Å². The normalized spacial score (nSPS) is 25.1. The number of halogens is 3. The lowest BCUT2D eigenvalue weighted by Gasteiger charge is -2.40. The minimum absolute atomic E-state index is 0.170. The SMILES string of the molecule is COC(=O)[C@@H]1C=C[C@H](C)[C@@H](c2ccco2)N1C(=O)C(F)(F)F. The average molecular weight is 317 g/mol. The molecule has 1 amide bonds. The van der Waals surface area contributed by atoms with E-state index in [4.69, 9.17) is 4.42 Å². The smallest absolute Gasteiger partial charge is 0.467 e. The van der Waals surface area contributed by atoms with E-state index in [1.165, 1.54) is 24.5 Å². The number of rotatable bonds is 2. The molecule has 2 heterocycles. The fourth-order valence-corrected chi connectivity index (χ4v) is 2.47. The zero-order valence-electron chi connectivity index (χ0n) is 11.8. The van der Waals surface area contributed by atoms with Gasteiger partial charge in [0.05, 0.1) is 19.4 Å². The molecule has 1 aromatic rings. The Bertz CT molecular complexity index is 579. The van der Waals surface area contributed by atoms with E-state index >= 15 is 0 Å². The van der Waals surface area contributed by atoms with Crippen LogP contribution in [-0.4, -0.2) is 36.1 Å². The molecule has 0 N–H and O–H groups in total. The van der Waals surface area contributed by atoms with Crippen LogP contribution in [0.3, 0.4) is 0 Å². The Morgan fingerprint density at radius 3 is 2.50 bits per heavy atom. The first-order chi connectivity index (χ1) is 10.3. The number of ether oxygens (including phenoxy) is 1. The molecule has 0 fully saturated rings. The number of hydrogen-bond donors (Lipinski definition) is 0. The number of amides is 1. The second-order valence-corrected chi connectivity index (χ2v) is 4.88. The number of hydrogen-bond acceptors (Lipinski definition) is 4. The molecule has 22 heavy (non-hydrogen) atoms. The molecule has 0 bridgehead atoms. The molecule has 1 aliphatic rings. The lowest BCUT2D eigenvalue weighted by molar-refractivity contribution is -0.193. The second kappa shape index (κ2) is 5.86. The van der Waals surface area contributed by atoms with Gasteiger partial charge in [-0.15, -0.1) is 0 Å². The quantitative estimate of drug-likeness (QED) is 0.621. The van der Waals surface area contributed by atoms with Crippen molar-refractivity contribution in [2.45, 2.75) is 25.2 Å². The molecule has 0 radical (unpaired) electrons. The third kappa shape index (κ3) is 2.86. The molecule has 3 atom stereocenters. The van der Waals surface area contributed by atoms with E-state index < -0.39 is 36.1 Å². The molecule has 5 nitrogen and oxygen atoms in total. The van der Waals surface area contributed by atoms with Gasteiger partial charge < -0.3 is 14.1 Å². The van der Waals surface area contributed by atoms with Crippen LogP contribution in [0.25, 0.3) is 0 Å². The monoisotopic (exact) mass is 317 g/mol. The van der Waals surface area contributed by atoms with Gasteiger partial charge in [0.2, 0.25) is 0 Å². The highest BCUT2D eigenvalue weighted by molar-refractivity contribution is 5.89. The van der Waals surface area contributed by atoms with Crippen molar-refractivity contribution in [2.24, 2.45) is 5.92 Å². The first kappa shape index (κ1) is 16.1. The number of carbonyl (C=O) groups is 2. The topological polar surface area (TPSA) is 59.8 Å². The standard InChI is InChI=1S/C14H14F3NO4/c1-8-5-6-9(12(19)21-2)18(13(20)14(15,16)17)11(8)10-4-3-7-22-10/h3-9,11H,1-2H3/t8-,9-,11-/m0/s1. The van der Waals surface area contributed by atoms with Crippen LogP contribution in [0, 0.1) is 5.92 Å². The maximum atomic E-state index is 12.9. The summed E-state index contributed by atoms with van der Waals surface area (Å²) in [6.45, 7) is 1.63. The highest BCUT2D eigenvalue weighted by Crippen LogP contribution is 2.38. The average Bonchev–Trinajstić information content (AvgIpc) is 2.98. The number of methoxy groups -OCH3 is 1. The zero-order chi connectivity index (χ0) is 16.5. The van der Waals surface area contributed by atoms with E-state index in [0.29, 0.717) is 4.90 Å². The van der Waals surface area contributed by atoms with Crippen molar-refractivity contribution in [2.75, 3.05) is 7.11 Å². The lowest BCUT2D eigenvalue weighted by atomic mass is 9.90. The minimum atomic E-state index is -5.11. The van der Waals surface area contributed by atoms with Crippen molar-refractivity contribution < 1.29 is 31.9 Å². The molecule has 1 aromatic heterocycles. The third-order valence-corrected chi connectivity index (χ3v) is 3.45. The highest BCUT2D eigenvalue weighted by Gasteiger charge is 2.51. The Kier molecular flexibility index (Phi) is 4.30. The summed E-state index contributed by atoms with van der Waals surface area (Å²) < 4.78 is 48.4. The van der Waals surface area contributed by atoms with Gasteiger partial charge in [0.25, 0.3) is 0 Å². The van der Waals surface area contributed by atoms with Gasteiger partial charge in [-0.05, 0) is 12.1 Å². The summed E-state index contributed by atoms with van der Waals surface area (Å²) in [5, 5.41) is 0. The van der Waals surface area contributed by atoms with E-state index in [0.717, 1.165) is 7.11 Å². The molecule has 120 valence electrons. The molecule has 8 heteroatoms. The summed E-state index contributed by atoms with van der Waals surface area (Å²) >= 11 is 0. The Morgan fingerprint density at radius 1 is 1.32 bits per heavy atom. The van der Waals surface area contributed by atoms with Gasteiger partial charge in [-0.25, -0.2) is 4.79 Å². The summed E-state index contributed by atoms with van der Waals surface area (Å²) in [6, 6.07) is 0.471. The van der Waals surface area contributed by atoms with Gasteiger partial charge >= 0.3 is 18.1 Å². The van der Waals surface area contributed by atoms with Crippen LogP contribution in [0.5, 0.6) is 0 Å². The molecule has 0 unspecified atom stereocenters. The lowest BCUT2D eigenvalue weighted by Crippen LogP contribution is -2.54. The van der Waals surface area contributed by atoms with Crippen molar-refractivity contribution in [3.05, 3.63) is 36.3 Å². The maximum Gasteiger partial charge on any atom is 0.471 e. The fourth-order valence-electron chi connectivity index (χ4n) is 2.47. The molecular weight excluding hydrogens is 303 g/mol. The molecule has 1 aliphatic heterocycles. The van der Waals surface area contributed by atoms with Crippen LogP contribution >= 0.6 is 0 Å². The predicted molar refractivity (Wildman–Crippen MR) is 68.5 cm³/mol. The number of alkyl halides is 3. The zero-order valence-corrected chi connectivity index (χ0v) is 11.8. The predicted octanol–water partition coefficient (Wildman–Crippen LogP) is 2.46. The van der Waals surface area contributed by atoms with Gasteiger partial charge in [0.1, 0.15) is 11.8 Å². The Balaban J connectivity index is 2.51. The second-order valence-electron chi connectivity index (χ2n) is 4.88. The van der Waals surface area contributed by atoms with E-state index in [1.807, 2.05) is 0 Å². The summed E-state index contributed by atoms with van der Waals surface area (Å²) in [4.78, 5) is 24.1. The Morgan fingerprint density at radius 2 is 2.00 bits per heavy atom. The van der Waals surface area contributed by atoms with Crippen molar-refractivity contribution in [1.82, 2.24) is 4.90 Å². The minimum Gasteiger partial charge on any atom is -0.467 e. The van der Waals surface area contributed by atoms with Crippen LogP contribution in [0.2, 0.25) is 0 Å². The third-order valence-electron chi connectivity index (χ3n) is 3.45. The molecule has 0 saturated carbocycles. The van der Waals surface area contributed by atoms with Gasteiger partial charge in [0, 0.05) is 5.92 Å². The summed E-state index contributed by atoms with van der Waals surface area (Å²) in [5.74, 6) is -3.35. The van der Waals surface area contributed by atoms with Gasteiger partial charge in [0.15, 0.2) is 0 Å². The maximum absolute atomic E-state index is 12.9. The molecule has 2 rings (SSSR count). The molecule has 0 saturated heterocycles. The summed E-state index contributed by atoms with van der Waals surface area (Å²) in [7, 11) is 1.05. The first-order valence-corrected chi connectivity index (χ1v) is 6.46. The van der Waals surface area contributed by atoms with Crippen LogP contribution in [0.1, 0.15) is 18.7 Å². The fraction of sp³-hybridized carbons (Fsp3) is 0.429. The van der Waals surface area contributed by atoms with Crippen molar-refractivity contribution in [3.63, 3.8) is 0 Å². The summed E-state index contributed by atoms with van der Waals surface area (Å²) in [6.07, 6.45) is -1.01. The van der Waals surface area contributed by atoms with Crippen LogP contribution in [-0.2, 0) is 14.3 Å². The molecule has 0 spiro atoms. The van der Waals surface area contributed by atoms with Crippen molar-refractivity contribution >= 4 is 11.9 Å².